The van der Waals surface area contributed by atoms with Gasteiger partial charge in [0.05, 0.1) is 33.5 Å². The number of fused-ring (bicyclic) bond motifs is 10. The van der Waals surface area contributed by atoms with E-state index in [1.807, 2.05) is 18.2 Å². The first kappa shape index (κ1) is 27.9. The van der Waals surface area contributed by atoms with Gasteiger partial charge in [0.15, 0.2) is 0 Å². The lowest BCUT2D eigenvalue weighted by Crippen LogP contribution is -2.00. The summed E-state index contributed by atoms with van der Waals surface area (Å²) in [5, 5.41) is 6.91. The number of benzene rings is 6. The zero-order chi connectivity index (χ0) is 33.5. The maximum atomic E-state index is 6.13. The van der Waals surface area contributed by atoms with E-state index in [9.17, 15) is 0 Å². The largest absolute Gasteiger partial charge is 0.456 e. The normalized spacial score (nSPS) is 11.9. The number of rotatable bonds is 4. The molecule has 0 amide bonds. The SMILES string of the molecule is c1ccc(-c2cccc(-n3c4ccccc4c4c3ccc3c5ccccc5n(-c5cccc(-c6ccc7oc8ccccc8c7c6)n5)c34)n2)cc1. The second-order valence-corrected chi connectivity index (χ2v) is 13.0. The van der Waals surface area contributed by atoms with Crippen molar-refractivity contribution in [2.45, 2.75) is 0 Å². The summed E-state index contributed by atoms with van der Waals surface area (Å²) in [6, 6.07) is 59.3. The molecule has 51 heavy (non-hydrogen) atoms. The summed E-state index contributed by atoms with van der Waals surface area (Å²) in [6.45, 7) is 0. The highest BCUT2D eigenvalue weighted by molar-refractivity contribution is 6.26. The van der Waals surface area contributed by atoms with Crippen molar-refractivity contribution < 1.29 is 4.42 Å². The molecule has 5 aromatic heterocycles. The van der Waals surface area contributed by atoms with Gasteiger partial charge in [0, 0.05) is 43.4 Å². The molecule has 0 fully saturated rings. The zero-order valence-electron chi connectivity index (χ0n) is 27.4. The lowest BCUT2D eigenvalue weighted by atomic mass is 10.1. The van der Waals surface area contributed by atoms with E-state index in [4.69, 9.17) is 14.4 Å². The molecule has 5 heterocycles. The molecule has 238 valence electrons. The van der Waals surface area contributed by atoms with Crippen molar-refractivity contribution in [2.24, 2.45) is 0 Å². The van der Waals surface area contributed by atoms with Gasteiger partial charge in [0.2, 0.25) is 0 Å². The number of pyridine rings is 2. The van der Waals surface area contributed by atoms with E-state index in [0.717, 1.165) is 78.2 Å². The fourth-order valence-electron chi connectivity index (χ4n) is 7.90. The Kier molecular flexibility index (Phi) is 5.89. The third kappa shape index (κ3) is 4.15. The van der Waals surface area contributed by atoms with Gasteiger partial charge >= 0.3 is 0 Å². The van der Waals surface area contributed by atoms with Crippen molar-refractivity contribution in [2.75, 3.05) is 0 Å². The predicted octanol–water partition coefficient (Wildman–Crippen LogP) is 11.9. The van der Waals surface area contributed by atoms with E-state index in [1.165, 1.54) is 21.5 Å². The van der Waals surface area contributed by atoms with Crippen LogP contribution in [-0.2, 0) is 0 Å². The lowest BCUT2D eigenvalue weighted by molar-refractivity contribution is 0.669. The van der Waals surface area contributed by atoms with Gasteiger partial charge in [-0.3, -0.25) is 9.13 Å². The molecule has 0 unspecified atom stereocenters. The van der Waals surface area contributed by atoms with E-state index in [2.05, 4.69) is 161 Å². The molecule has 0 aliphatic rings. The summed E-state index contributed by atoms with van der Waals surface area (Å²) in [5.41, 5.74) is 10.2. The number of para-hydroxylation sites is 3. The van der Waals surface area contributed by atoms with E-state index in [-0.39, 0.29) is 0 Å². The molecule has 5 heteroatoms. The van der Waals surface area contributed by atoms with Crippen molar-refractivity contribution in [1.82, 2.24) is 19.1 Å². The maximum Gasteiger partial charge on any atom is 0.138 e. The van der Waals surface area contributed by atoms with Crippen LogP contribution in [0.1, 0.15) is 0 Å². The minimum atomic E-state index is 0.865. The highest BCUT2D eigenvalue weighted by Gasteiger charge is 2.22. The van der Waals surface area contributed by atoms with Crippen LogP contribution >= 0.6 is 0 Å². The van der Waals surface area contributed by atoms with Gasteiger partial charge in [0.25, 0.3) is 0 Å². The van der Waals surface area contributed by atoms with Crippen LogP contribution in [0.4, 0.5) is 0 Å². The average molecular weight is 653 g/mol. The third-order valence-corrected chi connectivity index (χ3v) is 10.1. The quantitative estimate of drug-likeness (QED) is 0.190. The Morgan fingerprint density at radius 2 is 1.00 bits per heavy atom. The standard InChI is InChI=1S/C46H28N4O/c1-2-12-29(13-3-1)36-17-10-22-43(47-36)49-39-20-8-5-16-34(39)45-40(49)26-25-33-31-14-4-7-19-38(31)50(46(33)45)44-23-11-18-37(48-44)30-24-27-42-35(28-30)32-15-6-9-21-41(32)51-42/h1-28H. The first-order valence-electron chi connectivity index (χ1n) is 17.2. The maximum absolute atomic E-state index is 6.13. The molecule has 6 aromatic carbocycles. The van der Waals surface area contributed by atoms with Crippen LogP contribution < -0.4 is 0 Å². The van der Waals surface area contributed by atoms with Crippen LogP contribution in [0.3, 0.4) is 0 Å². The second-order valence-electron chi connectivity index (χ2n) is 13.0. The molecule has 0 spiro atoms. The smallest absolute Gasteiger partial charge is 0.138 e. The second kappa shape index (κ2) is 10.8. The Morgan fingerprint density at radius 3 is 1.80 bits per heavy atom. The Labute approximate surface area is 292 Å². The minimum absolute atomic E-state index is 0.865. The Bertz CT molecular complexity index is 3150. The molecule has 0 bridgehead atoms. The summed E-state index contributed by atoms with van der Waals surface area (Å²) in [7, 11) is 0. The van der Waals surface area contributed by atoms with Crippen molar-refractivity contribution in [1.29, 1.82) is 0 Å². The highest BCUT2D eigenvalue weighted by Crippen LogP contribution is 2.42. The molecule has 0 aliphatic heterocycles. The molecule has 11 aromatic rings. The van der Waals surface area contributed by atoms with Gasteiger partial charge in [-0.05, 0) is 66.7 Å². The van der Waals surface area contributed by atoms with Gasteiger partial charge in [0.1, 0.15) is 22.8 Å². The minimum Gasteiger partial charge on any atom is -0.456 e. The van der Waals surface area contributed by atoms with Crippen molar-refractivity contribution in [3.63, 3.8) is 0 Å². The molecule has 5 nitrogen and oxygen atoms in total. The highest BCUT2D eigenvalue weighted by atomic mass is 16.3. The Morgan fingerprint density at radius 1 is 0.373 bits per heavy atom. The molecule has 0 saturated heterocycles. The molecule has 0 radical (unpaired) electrons. The number of aromatic nitrogens is 4. The summed E-state index contributed by atoms with van der Waals surface area (Å²) >= 11 is 0. The van der Waals surface area contributed by atoms with E-state index >= 15 is 0 Å². The van der Waals surface area contributed by atoms with Crippen molar-refractivity contribution >= 4 is 65.6 Å². The average Bonchev–Trinajstić information content (AvgIpc) is 3.86. The Balaban J connectivity index is 1.18. The van der Waals surface area contributed by atoms with Crippen LogP contribution in [0.5, 0.6) is 0 Å². The van der Waals surface area contributed by atoms with Crippen molar-refractivity contribution in [3.05, 3.63) is 170 Å². The van der Waals surface area contributed by atoms with Crippen molar-refractivity contribution in [3.8, 4) is 34.2 Å². The van der Waals surface area contributed by atoms with Crippen LogP contribution in [-0.4, -0.2) is 19.1 Å². The predicted molar refractivity (Wildman–Crippen MR) is 209 cm³/mol. The first-order chi connectivity index (χ1) is 25.3. The number of hydrogen-bond acceptors (Lipinski definition) is 3. The van der Waals surface area contributed by atoms with Gasteiger partial charge in [-0.2, -0.15) is 0 Å². The molecule has 0 atom stereocenters. The summed E-state index contributed by atoms with van der Waals surface area (Å²) < 4.78 is 10.8. The van der Waals surface area contributed by atoms with Crippen LogP contribution in [0.25, 0.3) is 99.7 Å². The van der Waals surface area contributed by atoms with Crippen LogP contribution in [0.2, 0.25) is 0 Å². The fourth-order valence-corrected chi connectivity index (χ4v) is 7.90. The molecule has 0 N–H and O–H groups in total. The van der Waals surface area contributed by atoms with Gasteiger partial charge in [-0.1, -0.05) is 103 Å². The summed E-state index contributed by atoms with van der Waals surface area (Å²) in [4.78, 5) is 10.6. The monoisotopic (exact) mass is 652 g/mol. The lowest BCUT2D eigenvalue weighted by Gasteiger charge is -2.11. The first-order valence-corrected chi connectivity index (χ1v) is 17.2. The topological polar surface area (TPSA) is 48.8 Å². The molecular formula is C46H28N4O. The van der Waals surface area contributed by atoms with Gasteiger partial charge in [-0.15, -0.1) is 0 Å². The summed E-state index contributed by atoms with van der Waals surface area (Å²) in [6.07, 6.45) is 0. The Hall–Kier alpha value is -6.98. The van der Waals surface area contributed by atoms with E-state index in [1.54, 1.807) is 0 Å². The number of furan rings is 1. The van der Waals surface area contributed by atoms with E-state index in [0.29, 0.717) is 0 Å². The van der Waals surface area contributed by atoms with E-state index < -0.39 is 0 Å². The molecule has 0 aliphatic carbocycles. The third-order valence-electron chi connectivity index (χ3n) is 10.1. The number of hydrogen-bond donors (Lipinski definition) is 0. The summed E-state index contributed by atoms with van der Waals surface area (Å²) in [5.74, 6) is 1.75. The molecule has 11 rings (SSSR count). The van der Waals surface area contributed by atoms with Gasteiger partial charge in [-0.25, -0.2) is 9.97 Å². The number of nitrogens with zero attached hydrogens (tertiary/aromatic N) is 4. The molecular weight excluding hydrogens is 625 g/mol. The zero-order valence-corrected chi connectivity index (χ0v) is 27.4. The van der Waals surface area contributed by atoms with Crippen LogP contribution in [0, 0.1) is 0 Å². The fraction of sp³-hybridized carbons (Fsp3) is 0. The molecule has 0 saturated carbocycles. The van der Waals surface area contributed by atoms with Gasteiger partial charge < -0.3 is 4.42 Å². The van der Waals surface area contributed by atoms with Crippen LogP contribution in [0.15, 0.2) is 174 Å².